The van der Waals surface area contributed by atoms with Gasteiger partial charge in [0.05, 0.1) is 12.3 Å². The van der Waals surface area contributed by atoms with Crippen molar-refractivity contribution < 1.29 is 14.3 Å². The minimum absolute atomic E-state index is 0.164. The number of carbonyl (C=O) groups is 1. The van der Waals surface area contributed by atoms with E-state index in [0.29, 0.717) is 17.2 Å². The summed E-state index contributed by atoms with van der Waals surface area (Å²) in [4.78, 5) is 17.5. The molecule has 1 aromatic heterocycles. The highest BCUT2D eigenvalue weighted by Crippen LogP contribution is 2.26. The lowest BCUT2D eigenvalue weighted by Crippen LogP contribution is -2.16. The van der Waals surface area contributed by atoms with Gasteiger partial charge in [0.25, 0.3) is 5.91 Å². The summed E-state index contributed by atoms with van der Waals surface area (Å²) in [6, 6.07) is 17.2. The molecule has 1 amide bonds. The van der Waals surface area contributed by atoms with Crippen LogP contribution in [0.3, 0.4) is 0 Å². The lowest BCUT2D eigenvalue weighted by Gasteiger charge is -2.12. The van der Waals surface area contributed by atoms with Crippen LogP contribution in [0.2, 0.25) is 0 Å². The van der Waals surface area contributed by atoms with Crippen molar-refractivity contribution in [3.05, 3.63) is 65.7 Å². The van der Waals surface area contributed by atoms with Gasteiger partial charge in [-0.3, -0.25) is 4.79 Å². The Hall–Kier alpha value is -2.70. The molecule has 1 N–H and O–H groups in total. The fourth-order valence-electron chi connectivity index (χ4n) is 2.91. The fraction of sp³-hybridized carbons (Fsp3) is 0.238. The number of ether oxygens (including phenoxy) is 2. The zero-order valence-corrected chi connectivity index (χ0v) is 15.6. The molecule has 27 heavy (non-hydrogen) atoms. The van der Waals surface area contributed by atoms with Gasteiger partial charge >= 0.3 is 0 Å². The molecule has 4 rings (SSSR count). The number of carbonyl (C=O) groups excluding carboxylic acids is 1. The Bertz CT molecular complexity index is 905. The van der Waals surface area contributed by atoms with Gasteiger partial charge in [0.1, 0.15) is 22.2 Å². The number of nitrogens with one attached hydrogen (secondary N) is 1. The number of aromatic nitrogens is 1. The van der Waals surface area contributed by atoms with Crippen molar-refractivity contribution in [1.82, 2.24) is 4.98 Å². The fourth-order valence-corrected chi connectivity index (χ4v) is 3.73. The summed E-state index contributed by atoms with van der Waals surface area (Å²) in [6.45, 7) is 1.34. The Morgan fingerprint density at radius 2 is 2.11 bits per heavy atom. The Balaban J connectivity index is 1.39. The lowest BCUT2D eigenvalue weighted by molar-refractivity contribution is 0.0680. The molecule has 1 fully saturated rings. The maximum absolute atomic E-state index is 12.5. The van der Waals surface area contributed by atoms with Crippen LogP contribution in [0.4, 0.5) is 5.69 Å². The lowest BCUT2D eigenvalue weighted by atomic mass is 10.2. The molecule has 6 heteroatoms. The second-order valence-electron chi connectivity index (χ2n) is 6.32. The Morgan fingerprint density at radius 1 is 1.22 bits per heavy atom. The summed E-state index contributed by atoms with van der Waals surface area (Å²) in [6.07, 6.45) is 3.90. The van der Waals surface area contributed by atoms with Crippen molar-refractivity contribution in [2.24, 2.45) is 0 Å². The largest absolute Gasteiger partial charge is 0.491 e. The summed E-state index contributed by atoms with van der Waals surface area (Å²) in [5, 5.41) is 3.74. The maximum Gasteiger partial charge on any atom is 0.267 e. The first-order valence-electron chi connectivity index (χ1n) is 8.95. The minimum Gasteiger partial charge on any atom is -0.491 e. The normalized spacial score (nSPS) is 16.2. The van der Waals surface area contributed by atoms with Crippen molar-refractivity contribution in [2.45, 2.75) is 18.9 Å². The number of nitrogens with zero attached hydrogens (tertiary/aromatic N) is 1. The number of thiazole rings is 1. The predicted octanol–water partition coefficient (Wildman–Crippen LogP) is 4.62. The number of amides is 1. The van der Waals surface area contributed by atoms with Crippen molar-refractivity contribution in [1.29, 1.82) is 0 Å². The first kappa shape index (κ1) is 17.7. The number of hydrogen-bond donors (Lipinski definition) is 1. The van der Waals surface area contributed by atoms with Gasteiger partial charge in [0, 0.05) is 23.9 Å². The van der Waals surface area contributed by atoms with Crippen LogP contribution in [0, 0.1) is 0 Å². The molecular weight excluding hydrogens is 360 g/mol. The number of hydrogen-bond acceptors (Lipinski definition) is 5. The third-order valence-corrected chi connectivity index (χ3v) is 5.35. The number of benzene rings is 2. The molecule has 1 aliphatic heterocycles. The first-order valence-corrected chi connectivity index (χ1v) is 9.77. The standard InChI is InChI=1S/C21H20N2O3S/c24-20(19-13-22-21(27-19)15-6-2-1-3-7-15)23-16-8-4-9-17(12-16)26-14-18-10-5-11-25-18/h1-4,6-9,12-13,18H,5,10-11,14H2,(H,23,24). The summed E-state index contributed by atoms with van der Waals surface area (Å²) >= 11 is 1.37. The van der Waals surface area contributed by atoms with E-state index < -0.39 is 0 Å². The molecule has 0 saturated carbocycles. The van der Waals surface area contributed by atoms with Crippen LogP contribution in [0.1, 0.15) is 22.5 Å². The second kappa shape index (κ2) is 8.33. The van der Waals surface area contributed by atoms with Crippen LogP contribution in [0.15, 0.2) is 60.8 Å². The molecule has 1 atom stereocenters. The van der Waals surface area contributed by atoms with Crippen LogP contribution in [-0.4, -0.2) is 30.2 Å². The van der Waals surface area contributed by atoms with E-state index in [9.17, 15) is 4.79 Å². The molecule has 1 saturated heterocycles. The van der Waals surface area contributed by atoms with E-state index in [1.807, 2.05) is 54.6 Å². The highest BCUT2D eigenvalue weighted by Gasteiger charge is 2.16. The van der Waals surface area contributed by atoms with E-state index in [1.54, 1.807) is 6.20 Å². The van der Waals surface area contributed by atoms with E-state index >= 15 is 0 Å². The van der Waals surface area contributed by atoms with E-state index in [1.165, 1.54) is 11.3 Å². The molecule has 0 radical (unpaired) electrons. The molecular formula is C21H20N2O3S. The molecule has 0 spiro atoms. The molecule has 5 nitrogen and oxygen atoms in total. The SMILES string of the molecule is O=C(Nc1cccc(OCC2CCCO2)c1)c1cnc(-c2ccccc2)s1. The number of anilines is 1. The van der Waals surface area contributed by atoms with E-state index in [2.05, 4.69) is 10.3 Å². The van der Waals surface area contributed by atoms with Crippen LogP contribution < -0.4 is 10.1 Å². The molecule has 0 aliphatic carbocycles. The van der Waals surface area contributed by atoms with Gasteiger partial charge < -0.3 is 14.8 Å². The molecule has 138 valence electrons. The summed E-state index contributed by atoms with van der Waals surface area (Å²) in [5.74, 6) is 0.545. The predicted molar refractivity (Wildman–Crippen MR) is 106 cm³/mol. The number of rotatable bonds is 6. The molecule has 1 unspecified atom stereocenters. The van der Waals surface area contributed by atoms with Crippen LogP contribution in [0.25, 0.3) is 10.6 Å². The average molecular weight is 380 g/mol. The van der Waals surface area contributed by atoms with Gasteiger partial charge in [-0.1, -0.05) is 36.4 Å². The maximum atomic E-state index is 12.5. The quantitative estimate of drug-likeness (QED) is 0.678. The molecule has 2 heterocycles. The highest BCUT2D eigenvalue weighted by molar-refractivity contribution is 7.17. The highest BCUT2D eigenvalue weighted by atomic mass is 32.1. The topological polar surface area (TPSA) is 60.5 Å². The Labute approximate surface area is 162 Å². The van der Waals surface area contributed by atoms with Gasteiger partial charge in [-0.25, -0.2) is 4.98 Å². The molecule has 3 aromatic rings. The van der Waals surface area contributed by atoms with E-state index in [-0.39, 0.29) is 12.0 Å². The monoisotopic (exact) mass is 380 g/mol. The minimum atomic E-state index is -0.175. The van der Waals surface area contributed by atoms with Crippen LogP contribution in [-0.2, 0) is 4.74 Å². The zero-order valence-electron chi connectivity index (χ0n) is 14.8. The van der Waals surface area contributed by atoms with Crippen molar-refractivity contribution >= 4 is 22.9 Å². The van der Waals surface area contributed by atoms with Gasteiger partial charge in [-0.2, -0.15) is 0 Å². The van der Waals surface area contributed by atoms with Crippen LogP contribution in [0.5, 0.6) is 5.75 Å². The molecule has 1 aliphatic rings. The van der Waals surface area contributed by atoms with Crippen molar-refractivity contribution in [3.63, 3.8) is 0 Å². The Kier molecular flexibility index (Phi) is 5.46. The van der Waals surface area contributed by atoms with Crippen molar-refractivity contribution in [3.8, 4) is 16.3 Å². The first-order chi connectivity index (χ1) is 13.3. The zero-order chi connectivity index (χ0) is 18.5. The van der Waals surface area contributed by atoms with Gasteiger partial charge in [-0.05, 0) is 25.0 Å². The van der Waals surface area contributed by atoms with Gasteiger partial charge in [0.15, 0.2) is 0 Å². The summed E-state index contributed by atoms with van der Waals surface area (Å²) < 4.78 is 11.4. The third kappa shape index (κ3) is 4.53. The van der Waals surface area contributed by atoms with Gasteiger partial charge in [-0.15, -0.1) is 11.3 Å². The average Bonchev–Trinajstić information content (AvgIpc) is 3.39. The smallest absolute Gasteiger partial charge is 0.267 e. The summed E-state index contributed by atoms with van der Waals surface area (Å²) in [5.41, 5.74) is 1.70. The molecule has 2 aromatic carbocycles. The van der Waals surface area contributed by atoms with Crippen molar-refractivity contribution in [2.75, 3.05) is 18.5 Å². The Morgan fingerprint density at radius 3 is 2.93 bits per heavy atom. The van der Waals surface area contributed by atoms with E-state index in [0.717, 1.165) is 35.8 Å². The third-order valence-electron chi connectivity index (χ3n) is 4.30. The summed E-state index contributed by atoms with van der Waals surface area (Å²) in [7, 11) is 0. The van der Waals surface area contributed by atoms with E-state index in [4.69, 9.17) is 9.47 Å². The molecule has 0 bridgehead atoms. The van der Waals surface area contributed by atoms with Crippen LogP contribution >= 0.6 is 11.3 Å². The van der Waals surface area contributed by atoms with Gasteiger partial charge in [0.2, 0.25) is 0 Å². The second-order valence-corrected chi connectivity index (χ2v) is 7.35.